The Labute approximate surface area is 254 Å². The summed E-state index contributed by atoms with van der Waals surface area (Å²) in [5.74, 6) is 0.990. The second-order valence-corrected chi connectivity index (χ2v) is 16.0. The van der Waals surface area contributed by atoms with Crippen LogP contribution in [0.3, 0.4) is 0 Å². The lowest BCUT2D eigenvalue weighted by atomic mass is 9.89. The van der Waals surface area contributed by atoms with Crippen molar-refractivity contribution in [3.63, 3.8) is 0 Å². The van der Waals surface area contributed by atoms with Crippen LogP contribution >= 0.6 is 23.2 Å². The molecule has 0 saturated heterocycles. The Morgan fingerprint density at radius 2 is 1.52 bits per heavy atom. The van der Waals surface area contributed by atoms with Gasteiger partial charge in [0, 0.05) is 35.5 Å². The van der Waals surface area contributed by atoms with Crippen LogP contribution in [0.2, 0.25) is 22.1 Å². The largest absolute Gasteiger partial charge is 0.489 e. The Morgan fingerprint density at radius 3 is 2.20 bits per heavy atom. The minimum Gasteiger partial charge on any atom is -0.489 e. The minimum atomic E-state index is -1.19. The Morgan fingerprint density at radius 1 is 0.825 bits per heavy atom. The summed E-state index contributed by atoms with van der Waals surface area (Å²) in [6.45, 7) is 13.7. The zero-order valence-electron chi connectivity index (χ0n) is 24.9. The molecule has 1 aliphatic rings. The second kappa shape index (κ2) is 14.8. The fourth-order valence-corrected chi connectivity index (χ4v) is 10.2. The predicted octanol–water partition coefficient (Wildman–Crippen LogP) is 11.6. The highest BCUT2D eigenvalue weighted by atomic mass is 35.5. The minimum absolute atomic E-state index is 0.381. The molecule has 4 rings (SSSR count). The van der Waals surface area contributed by atoms with Crippen molar-refractivity contribution in [3.8, 4) is 28.0 Å². The summed E-state index contributed by atoms with van der Waals surface area (Å²) in [7, 11) is -1.19. The Kier molecular flexibility index (Phi) is 11.4. The van der Waals surface area contributed by atoms with E-state index in [1.165, 1.54) is 83.1 Å². The van der Waals surface area contributed by atoms with Crippen LogP contribution in [0.4, 0.5) is 0 Å². The van der Waals surface area contributed by atoms with Gasteiger partial charge in [-0.15, -0.1) is 0 Å². The lowest BCUT2D eigenvalue weighted by Gasteiger charge is -2.26. The first-order chi connectivity index (χ1) is 19.5. The molecule has 1 nitrogen and oxygen atoms in total. The molecule has 0 N–H and O–H groups in total. The van der Waals surface area contributed by atoms with E-state index in [0.29, 0.717) is 12.1 Å². The van der Waals surface area contributed by atoms with E-state index >= 15 is 0 Å². The number of unbranched alkanes of at least 4 members (excludes halogenated alkanes) is 4. The van der Waals surface area contributed by atoms with E-state index in [0.717, 1.165) is 40.6 Å². The number of halogens is 2. The van der Waals surface area contributed by atoms with E-state index in [4.69, 9.17) is 27.9 Å². The highest BCUT2D eigenvalue weighted by Gasteiger charge is 2.37. The number of hydrogen-bond acceptors (Lipinski definition) is 1. The highest BCUT2D eigenvalue weighted by Crippen LogP contribution is 2.54. The van der Waals surface area contributed by atoms with Gasteiger partial charge in [-0.25, -0.2) is 0 Å². The highest BCUT2D eigenvalue weighted by molar-refractivity contribution is 6.62. The van der Waals surface area contributed by atoms with E-state index in [2.05, 4.69) is 70.7 Å². The van der Waals surface area contributed by atoms with Crippen molar-refractivity contribution in [2.75, 3.05) is 6.61 Å². The van der Waals surface area contributed by atoms with Crippen molar-refractivity contribution in [1.82, 2.24) is 0 Å². The zero-order chi connectivity index (χ0) is 28.6. The average molecular weight is 594 g/mol. The third kappa shape index (κ3) is 6.56. The average Bonchev–Trinajstić information content (AvgIpc) is 3.26. The molecule has 0 saturated carbocycles. The van der Waals surface area contributed by atoms with Crippen LogP contribution in [-0.4, -0.2) is 15.4 Å². The normalized spacial score (nSPS) is 13.9. The predicted molar refractivity (Wildman–Crippen MR) is 179 cm³/mol. The van der Waals surface area contributed by atoms with Gasteiger partial charge in [-0.3, -0.25) is 0 Å². The summed E-state index contributed by atoms with van der Waals surface area (Å²) in [6.07, 6.45) is 11.2. The molecule has 0 spiro atoms. The zero-order valence-corrected chi connectivity index (χ0v) is 27.6. The lowest BCUT2D eigenvalue weighted by Crippen LogP contribution is -2.22. The molecule has 1 unspecified atom stereocenters. The summed E-state index contributed by atoms with van der Waals surface area (Å²) < 4.78 is 6.56. The smallest absolute Gasteiger partial charge is 0.130 e. The van der Waals surface area contributed by atoms with Gasteiger partial charge in [0.15, 0.2) is 0 Å². The fourth-order valence-electron chi connectivity index (χ4n) is 6.59. The molecule has 0 aliphatic heterocycles. The van der Waals surface area contributed by atoms with Crippen molar-refractivity contribution < 1.29 is 4.74 Å². The van der Waals surface area contributed by atoms with Gasteiger partial charge in [-0.05, 0) is 83.3 Å². The number of fused-ring (bicyclic) bond motifs is 3. The van der Waals surface area contributed by atoms with E-state index in [1.54, 1.807) is 0 Å². The van der Waals surface area contributed by atoms with Crippen LogP contribution in [0, 0.1) is 0 Å². The van der Waals surface area contributed by atoms with Gasteiger partial charge in [0.05, 0.1) is 0 Å². The molecular formula is C36H46Cl2OSi. The first-order valence-electron chi connectivity index (χ1n) is 15.5. The number of hydrogen-bond donors (Lipinski definition) is 0. The van der Waals surface area contributed by atoms with Gasteiger partial charge in [0.1, 0.15) is 12.4 Å². The molecule has 4 heteroatoms. The Bertz CT molecular complexity index is 1310. The van der Waals surface area contributed by atoms with Crippen molar-refractivity contribution >= 4 is 32.0 Å². The number of ether oxygens (including phenoxy) is 1. The fraction of sp³-hybridized carbons (Fsp3) is 0.444. The topological polar surface area (TPSA) is 9.23 Å². The molecule has 0 fully saturated rings. The third-order valence-electron chi connectivity index (χ3n) is 8.62. The maximum atomic E-state index is 7.25. The standard InChI is InChI=1S/C36H46Cl2OSi/c1-6-11-13-15-25-22-26(16-14-12-7-2)35(39-21-8-3)31(23-25)33-32(38)20-19-29-28-18-17-27(37)24-30(28)36(34(29)33)40(9-4)10-5/h8,17-20,22-24,36,40H,3,6-7,9-16,21H2,1-2,4-5H3. The molecular weight excluding hydrogens is 547 g/mol. The number of benzene rings is 3. The summed E-state index contributed by atoms with van der Waals surface area (Å²) in [6, 6.07) is 18.1. The van der Waals surface area contributed by atoms with Gasteiger partial charge >= 0.3 is 0 Å². The second-order valence-electron chi connectivity index (χ2n) is 11.3. The maximum absolute atomic E-state index is 7.25. The summed E-state index contributed by atoms with van der Waals surface area (Å²) in [5, 5.41) is 1.63. The quantitative estimate of drug-likeness (QED) is 0.0967. The molecule has 0 aromatic heterocycles. The molecule has 3 aromatic carbocycles. The molecule has 1 aliphatic carbocycles. The number of rotatable bonds is 15. The maximum Gasteiger partial charge on any atom is 0.130 e. The molecule has 1 atom stereocenters. The number of aryl methyl sites for hydroxylation is 2. The summed E-state index contributed by atoms with van der Waals surface area (Å²) >= 11 is 13.9. The van der Waals surface area contributed by atoms with Gasteiger partial charge in [-0.1, -0.05) is 120 Å². The molecule has 0 bridgehead atoms. The van der Waals surface area contributed by atoms with Gasteiger partial charge in [0.2, 0.25) is 0 Å². The van der Waals surface area contributed by atoms with E-state index in [9.17, 15) is 0 Å². The van der Waals surface area contributed by atoms with Crippen LogP contribution in [-0.2, 0) is 12.8 Å². The molecule has 40 heavy (non-hydrogen) atoms. The molecule has 0 amide bonds. The van der Waals surface area contributed by atoms with Gasteiger partial charge in [0.25, 0.3) is 0 Å². The molecule has 214 valence electrons. The SMILES string of the molecule is C=CCOc1c(CCCCC)cc(CCCCC)cc1-c1c(Cl)ccc2c1C([SiH](CC)CC)c1cc(Cl)ccc1-2. The Balaban J connectivity index is 2.00. The van der Waals surface area contributed by atoms with E-state index in [1.807, 2.05) is 12.1 Å². The molecule has 0 heterocycles. The van der Waals surface area contributed by atoms with Gasteiger partial charge < -0.3 is 4.74 Å². The van der Waals surface area contributed by atoms with Crippen molar-refractivity contribution in [2.45, 2.75) is 96.7 Å². The van der Waals surface area contributed by atoms with E-state index in [-0.39, 0.29) is 0 Å². The monoisotopic (exact) mass is 592 g/mol. The van der Waals surface area contributed by atoms with Crippen LogP contribution in [0.5, 0.6) is 5.75 Å². The molecule has 0 radical (unpaired) electrons. The first-order valence-corrected chi connectivity index (χ1v) is 18.6. The van der Waals surface area contributed by atoms with Gasteiger partial charge in [-0.2, -0.15) is 0 Å². The lowest BCUT2D eigenvalue weighted by molar-refractivity contribution is 0.360. The van der Waals surface area contributed by atoms with Crippen molar-refractivity contribution in [1.29, 1.82) is 0 Å². The van der Waals surface area contributed by atoms with Crippen LogP contribution in [0.1, 0.15) is 94.0 Å². The van der Waals surface area contributed by atoms with Crippen LogP contribution in [0.25, 0.3) is 22.3 Å². The summed E-state index contributed by atoms with van der Waals surface area (Å²) in [4.78, 5) is 0. The first kappa shape index (κ1) is 30.9. The van der Waals surface area contributed by atoms with Crippen LogP contribution in [0.15, 0.2) is 55.1 Å². The van der Waals surface area contributed by atoms with Crippen LogP contribution < -0.4 is 4.74 Å². The third-order valence-corrected chi connectivity index (χ3v) is 12.9. The van der Waals surface area contributed by atoms with Crippen molar-refractivity contribution in [2.24, 2.45) is 0 Å². The van der Waals surface area contributed by atoms with E-state index < -0.39 is 8.80 Å². The van der Waals surface area contributed by atoms with Crippen molar-refractivity contribution in [3.05, 3.63) is 87.4 Å². The molecule has 3 aromatic rings. The Hall–Kier alpha value is -2.00. The summed E-state index contributed by atoms with van der Waals surface area (Å²) in [5.41, 5.74) is 10.8.